The van der Waals surface area contributed by atoms with Gasteiger partial charge in [-0.05, 0) is 44.7 Å². The molecule has 2 rings (SSSR count). The molecule has 18 heavy (non-hydrogen) atoms. The number of piperidine rings is 1. The zero-order chi connectivity index (χ0) is 13.0. The monoisotopic (exact) mass is 256 g/mol. The maximum absolute atomic E-state index is 11.6. The highest BCUT2D eigenvalue weighted by Gasteiger charge is 2.37. The second-order valence-corrected chi connectivity index (χ2v) is 4.98. The van der Waals surface area contributed by atoms with E-state index in [-0.39, 0.29) is 24.5 Å². The molecule has 1 aliphatic carbocycles. The number of hydrogen-bond acceptors (Lipinski definition) is 4. The van der Waals surface area contributed by atoms with Gasteiger partial charge < -0.3 is 20.5 Å². The molecule has 0 aromatic rings. The van der Waals surface area contributed by atoms with E-state index in [1.807, 2.05) is 0 Å². The molecule has 1 atom stereocenters. The molecule has 3 N–H and O–H groups in total. The van der Waals surface area contributed by atoms with Crippen molar-refractivity contribution in [3.05, 3.63) is 0 Å². The summed E-state index contributed by atoms with van der Waals surface area (Å²) in [5, 5.41) is 14.7. The highest BCUT2D eigenvalue weighted by atomic mass is 16.5. The number of carbonyl (C=O) groups is 2. The van der Waals surface area contributed by atoms with E-state index in [1.54, 1.807) is 0 Å². The summed E-state index contributed by atoms with van der Waals surface area (Å²) in [5.74, 6) is -1.18. The Morgan fingerprint density at radius 1 is 1.28 bits per heavy atom. The first-order chi connectivity index (χ1) is 8.66. The second-order valence-electron chi connectivity index (χ2n) is 4.98. The summed E-state index contributed by atoms with van der Waals surface area (Å²) in [4.78, 5) is 22.6. The van der Waals surface area contributed by atoms with Gasteiger partial charge in [0.1, 0.15) is 12.6 Å². The number of carboxylic acid groups (broad SMARTS) is 1. The lowest BCUT2D eigenvalue weighted by Gasteiger charge is -2.23. The quantitative estimate of drug-likeness (QED) is 0.609. The predicted octanol–water partition coefficient (Wildman–Crippen LogP) is -0.266. The van der Waals surface area contributed by atoms with Crippen molar-refractivity contribution in [2.24, 2.45) is 5.92 Å². The molecule has 1 saturated heterocycles. The maximum Gasteiger partial charge on any atom is 0.326 e. The molecular formula is C12H20N2O4. The molecule has 1 heterocycles. The third-order valence-electron chi connectivity index (χ3n) is 3.41. The van der Waals surface area contributed by atoms with Crippen molar-refractivity contribution >= 4 is 11.9 Å². The number of carbonyl (C=O) groups excluding carboxylic acids is 1. The highest BCUT2D eigenvalue weighted by molar-refractivity contribution is 5.84. The SMILES string of the molecule is O=C(COC1CCNCC1)NC(C(=O)O)C1CC1. The van der Waals surface area contributed by atoms with Gasteiger partial charge in [0.2, 0.25) is 5.91 Å². The molecule has 0 aromatic carbocycles. The largest absolute Gasteiger partial charge is 0.480 e. The number of carboxylic acids is 1. The molecule has 6 nitrogen and oxygen atoms in total. The van der Waals surface area contributed by atoms with Crippen molar-refractivity contribution in [2.75, 3.05) is 19.7 Å². The Bertz CT molecular complexity index is 311. The minimum absolute atomic E-state index is 0.0405. The van der Waals surface area contributed by atoms with Crippen LogP contribution in [0.15, 0.2) is 0 Å². The number of ether oxygens (including phenoxy) is 1. The van der Waals surface area contributed by atoms with E-state index < -0.39 is 12.0 Å². The lowest BCUT2D eigenvalue weighted by atomic mass is 10.1. The third kappa shape index (κ3) is 3.96. The summed E-state index contributed by atoms with van der Waals surface area (Å²) in [6, 6.07) is -0.742. The van der Waals surface area contributed by atoms with Crippen LogP contribution >= 0.6 is 0 Å². The summed E-state index contributed by atoms with van der Waals surface area (Å²) < 4.78 is 5.48. The van der Waals surface area contributed by atoms with Crippen LogP contribution in [0.3, 0.4) is 0 Å². The minimum atomic E-state index is -0.951. The van der Waals surface area contributed by atoms with E-state index in [2.05, 4.69) is 10.6 Å². The van der Waals surface area contributed by atoms with Gasteiger partial charge in [-0.1, -0.05) is 0 Å². The molecule has 0 bridgehead atoms. The predicted molar refractivity (Wildman–Crippen MR) is 64.1 cm³/mol. The van der Waals surface area contributed by atoms with Gasteiger partial charge in [0.15, 0.2) is 0 Å². The van der Waals surface area contributed by atoms with E-state index in [9.17, 15) is 9.59 Å². The Morgan fingerprint density at radius 3 is 2.50 bits per heavy atom. The van der Waals surface area contributed by atoms with Gasteiger partial charge in [0, 0.05) is 0 Å². The van der Waals surface area contributed by atoms with Crippen LogP contribution in [0.4, 0.5) is 0 Å². The summed E-state index contributed by atoms with van der Waals surface area (Å²) in [6.45, 7) is 1.78. The fourth-order valence-corrected chi connectivity index (χ4v) is 2.18. The highest BCUT2D eigenvalue weighted by Crippen LogP contribution is 2.32. The average Bonchev–Trinajstić information content (AvgIpc) is 3.18. The van der Waals surface area contributed by atoms with Crippen LogP contribution in [0.25, 0.3) is 0 Å². The molecule has 1 saturated carbocycles. The number of nitrogens with one attached hydrogen (secondary N) is 2. The van der Waals surface area contributed by atoms with Gasteiger partial charge in [-0.3, -0.25) is 4.79 Å². The van der Waals surface area contributed by atoms with E-state index in [0.29, 0.717) is 0 Å². The first kappa shape index (κ1) is 13.3. The zero-order valence-electron chi connectivity index (χ0n) is 10.4. The summed E-state index contributed by atoms with van der Waals surface area (Å²) in [7, 11) is 0. The Labute approximate surface area is 106 Å². The summed E-state index contributed by atoms with van der Waals surface area (Å²) >= 11 is 0. The molecule has 1 unspecified atom stereocenters. The van der Waals surface area contributed by atoms with Crippen LogP contribution in [-0.2, 0) is 14.3 Å². The molecule has 0 radical (unpaired) electrons. The standard InChI is InChI=1S/C12H20N2O4/c15-10(7-18-9-3-5-13-6-4-9)14-11(12(16)17)8-1-2-8/h8-9,11,13H,1-7H2,(H,14,15)(H,16,17). The molecule has 0 spiro atoms. The van der Waals surface area contributed by atoms with E-state index in [1.165, 1.54) is 0 Å². The van der Waals surface area contributed by atoms with Crippen LogP contribution in [0.2, 0.25) is 0 Å². The average molecular weight is 256 g/mol. The smallest absolute Gasteiger partial charge is 0.326 e. The molecule has 102 valence electrons. The lowest BCUT2D eigenvalue weighted by Crippen LogP contribution is -2.44. The second kappa shape index (κ2) is 6.15. The van der Waals surface area contributed by atoms with Crippen molar-refractivity contribution in [1.29, 1.82) is 0 Å². The van der Waals surface area contributed by atoms with E-state index >= 15 is 0 Å². The summed E-state index contributed by atoms with van der Waals surface area (Å²) in [6.07, 6.45) is 3.68. The molecule has 1 amide bonds. The van der Waals surface area contributed by atoms with Crippen molar-refractivity contribution in [2.45, 2.75) is 37.8 Å². The number of hydrogen-bond donors (Lipinski definition) is 3. The third-order valence-corrected chi connectivity index (χ3v) is 3.41. The van der Waals surface area contributed by atoms with Gasteiger partial charge in [-0.15, -0.1) is 0 Å². The molecule has 2 aliphatic rings. The molecule has 0 aromatic heterocycles. The topological polar surface area (TPSA) is 87.7 Å². The lowest BCUT2D eigenvalue weighted by molar-refractivity contribution is -0.143. The Morgan fingerprint density at radius 2 is 1.94 bits per heavy atom. The number of amides is 1. The molecule has 6 heteroatoms. The van der Waals surface area contributed by atoms with Crippen LogP contribution in [0.5, 0.6) is 0 Å². The first-order valence-electron chi connectivity index (χ1n) is 6.51. The molecular weight excluding hydrogens is 236 g/mol. The van der Waals surface area contributed by atoms with Gasteiger partial charge in [0.25, 0.3) is 0 Å². The van der Waals surface area contributed by atoms with Crippen molar-refractivity contribution in [3.8, 4) is 0 Å². The fourth-order valence-electron chi connectivity index (χ4n) is 2.18. The van der Waals surface area contributed by atoms with Crippen LogP contribution in [-0.4, -0.2) is 48.8 Å². The number of aliphatic carboxylic acids is 1. The van der Waals surface area contributed by atoms with E-state index in [4.69, 9.17) is 9.84 Å². The molecule has 1 aliphatic heterocycles. The van der Waals surface area contributed by atoms with Gasteiger partial charge in [-0.2, -0.15) is 0 Å². The van der Waals surface area contributed by atoms with Crippen molar-refractivity contribution < 1.29 is 19.4 Å². The summed E-state index contributed by atoms with van der Waals surface area (Å²) in [5.41, 5.74) is 0. The molecule has 2 fully saturated rings. The van der Waals surface area contributed by atoms with Crippen LogP contribution in [0.1, 0.15) is 25.7 Å². The Hall–Kier alpha value is -1.14. The Kier molecular flexibility index (Phi) is 4.54. The van der Waals surface area contributed by atoms with E-state index in [0.717, 1.165) is 38.8 Å². The van der Waals surface area contributed by atoms with Gasteiger partial charge >= 0.3 is 5.97 Å². The minimum Gasteiger partial charge on any atom is -0.480 e. The fraction of sp³-hybridized carbons (Fsp3) is 0.833. The van der Waals surface area contributed by atoms with Crippen molar-refractivity contribution in [3.63, 3.8) is 0 Å². The van der Waals surface area contributed by atoms with Gasteiger partial charge in [0.05, 0.1) is 6.10 Å². The zero-order valence-corrected chi connectivity index (χ0v) is 10.4. The maximum atomic E-state index is 11.6. The van der Waals surface area contributed by atoms with Crippen LogP contribution < -0.4 is 10.6 Å². The van der Waals surface area contributed by atoms with Crippen molar-refractivity contribution in [1.82, 2.24) is 10.6 Å². The number of rotatable bonds is 6. The normalized spacial score (nSPS) is 22.4. The first-order valence-corrected chi connectivity index (χ1v) is 6.51. The van der Waals surface area contributed by atoms with Gasteiger partial charge in [-0.25, -0.2) is 4.79 Å². The van der Waals surface area contributed by atoms with Crippen LogP contribution in [0, 0.1) is 5.92 Å². The Balaban J connectivity index is 1.68.